The summed E-state index contributed by atoms with van der Waals surface area (Å²) in [5.74, 6) is 2.13. The molecule has 3 rings (SSSR count). The number of hydrogen-bond acceptors (Lipinski definition) is 6. The zero-order valence-corrected chi connectivity index (χ0v) is 15.6. The van der Waals surface area contributed by atoms with E-state index in [2.05, 4.69) is 0 Å². The van der Waals surface area contributed by atoms with Gasteiger partial charge in [-0.1, -0.05) is 0 Å². The normalized spacial score (nSPS) is 10.8. The number of benzene rings is 2. The van der Waals surface area contributed by atoms with Gasteiger partial charge in [-0.05, 0) is 48.7 Å². The lowest BCUT2D eigenvalue weighted by Gasteiger charge is -2.08. The maximum atomic E-state index is 11.9. The van der Waals surface area contributed by atoms with E-state index in [1.165, 1.54) is 0 Å². The van der Waals surface area contributed by atoms with E-state index in [9.17, 15) is 4.79 Å². The van der Waals surface area contributed by atoms with Crippen LogP contribution < -0.4 is 14.2 Å². The van der Waals surface area contributed by atoms with Crippen molar-refractivity contribution in [1.82, 2.24) is 0 Å². The Morgan fingerprint density at radius 2 is 1.74 bits per heavy atom. The molecule has 27 heavy (non-hydrogen) atoms. The molecular weight excluding hydrogens is 348 g/mol. The molecule has 3 aromatic rings. The van der Waals surface area contributed by atoms with Crippen molar-refractivity contribution >= 4 is 17.3 Å². The fraction of sp³-hybridized carbons (Fsp3) is 0.286. The molecule has 142 valence electrons. The number of fused-ring (bicyclic) bond motifs is 1. The summed E-state index contributed by atoms with van der Waals surface area (Å²) >= 11 is 0. The van der Waals surface area contributed by atoms with Gasteiger partial charge in [0.2, 0.25) is 0 Å². The molecular formula is C21H22O6. The number of hydrogen-bond donors (Lipinski definition) is 1. The highest BCUT2D eigenvalue weighted by Crippen LogP contribution is 2.40. The minimum absolute atomic E-state index is 0.100. The van der Waals surface area contributed by atoms with E-state index in [1.54, 1.807) is 33.5 Å². The molecule has 1 N–H and O–H groups in total. The number of carbonyl (C=O) groups is 1. The average Bonchev–Trinajstić information content (AvgIpc) is 3.09. The highest BCUT2D eigenvalue weighted by molar-refractivity contribution is 6.04. The van der Waals surface area contributed by atoms with Crippen LogP contribution in [0.1, 0.15) is 22.3 Å². The molecule has 0 amide bonds. The van der Waals surface area contributed by atoms with Crippen LogP contribution in [0.4, 0.5) is 0 Å². The van der Waals surface area contributed by atoms with Gasteiger partial charge >= 0.3 is 0 Å². The first kappa shape index (κ1) is 18.8. The van der Waals surface area contributed by atoms with Crippen molar-refractivity contribution in [2.45, 2.75) is 12.8 Å². The van der Waals surface area contributed by atoms with Crippen LogP contribution in [-0.4, -0.2) is 39.3 Å². The first-order chi connectivity index (χ1) is 13.2. The number of carbonyl (C=O) groups excluding carboxylic acids is 1. The molecule has 6 heteroatoms. The highest BCUT2D eigenvalue weighted by Gasteiger charge is 2.20. The Bertz CT molecular complexity index is 957. The predicted molar refractivity (Wildman–Crippen MR) is 102 cm³/mol. The van der Waals surface area contributed by atoms with Crippen LogP contribution in [0.3, 0.4) is 0 Å². The Kier molecular flexibility index (Phi) is 5.66. The number of ether oxygens (including phenoxy) is 3. The van der Waals surface area contributed by atoms with Crippen LogP contribution in [0.15, 0.2) is 34.7 Å². The van der Waals surface area contributed by atoms with Gasteiger partial charge in [0.15, 0.2) is 29.1 Å². The van der Waals surface area contributed by atoms with Crippen molar-refractivity contribution in [3.8, 4) is 28.6 Å². The molecule has 0 aliphatic heterocycles. The summed E-state index contributed by atoms with van der Waals surface area (Å²) in [5.41, 5.74) is 2.62. The van der Waals surface area contributed by atoms with Crippen molar-refractivity contribution in [3.05, 3.63) is 41.5 Å². The lowest BCUT2D eigenvalue weighted by molar-refractivity contribution is 0.112. The standard InChI is InChI=1S/C21H22O6/c1-24-17-7-6-14(11-18(17)25-2)20-16(12-23)15-9-13(5-4-8-22)10-19(26-3)21(15)27-20/h6-7,9-12,22H,4-5,8H2,1-3H3. The summed E-state index contributed by atoms with van der Waals surface area (Å²) in [5, 5.41) is 9.77. The lowest BCUT2D eigenvalue weighted by Crippen LogP contribution is -1.92. The Hall–Kier alpha value is -2.99. The molecule has 1 heterocycles. The van der Waals surface area contributed by atoms with E-state index in [0.717, 1.165) is 11.8 Å². The lowest BCUT2D eigenvalue weighted by atomic mass is 10.0. The summed E-state index contributed by atoms with van der Waals surface area (Å²) < 4.78 is 22.1. The van der Waals surface area contributed by atoms with E-state index in [0.29, 0.717) is 57.9 Å². The second-order valence-corrected chi connectivity index (χ2v) is 6.03. The fourth-order valence-corrected chi connectivity index (χ4v) is 3.13. The maximum absolute atomic E-state index is 11.9. The molecule has 0 aliphatic carbocycles. The first-order valence-corrected chi connectivity index (χ1v) is 8.58. The van der Waals surface area contributed by atoms with Gasteiger partial charge in [-0.15, -0.1) is 0 Å². The van der Waals surface area contributed by atoms with E-state index in [1.807, 2.05) is 18.2 Å². The van der Waals surface area contributed by atoms with Crippen molar-refractivity contribution in [2.75, 3.05) is 27.9 Å². The van der Waals surface area contributed by atoms with Crippen molar-refractivity contribution < 1.29 is 28.5 Å². The third kappa shape index (κ3) is 3.48. The SMILES string of the molecule is COc1ccc(-c2oc3c(OC)cc(CCCO)cc3c2C=O)cc1OC. The number of aldehydes is 1. The molecule has 0 spiro atoms. The molecule has 0 unspecified atom stereocenters. The average molecular weight is 370 g/mol. The molecule has 0 radical (unpaired) electrons. The maximum Gasteiger partial charge on any atom is 0.177 e. The number of aliphatic hydroxyl groups excluding tert-OH is 1. The number of methoxy groups -OCH3 is 3. The summed E-state index contributed by atoms with van der Waals surface area (Å²) in [6.07, 6.45) is 2.09. The van der Waals surface area contributed by atoms with Crippen LogP contribution in [-0.2, 0) is 6.42 Å². The van der Waals surface area contributed by atoms with Crippen LogP contribution in [0, 0.1) is 0 Å². The Morgan fingerprint density at radius 1 is 1.00 bits per heavy atom. The molecule has 1 aromatic heterocycles. The fourth-order valence-electron chi connectivity index (χ4n) is 3.13. The Balaban J connectivity index is 2.20. The zero-order valence-electron chi connectivity index (χ0n) is 15.6. The molecule has 6 nitrogen and oxygen atoms in total. The van der Waals surface area contributed by atoms with E-state index in [4.69, 9.17) is 23.7 Å². The largest absolute Gasteiger partial charge is 0.493 e. The summed E-state index contributed by atoms with van der Waals surface area (Å²) in [6, 6.07) is 9.12. The van der Waals surface area contributed by atoms with Crippen molar-refractivity contribution in [1.29, 1.82) is 0 Å². The van der Waals surface area contributed by atoms with Crippen molar-refractivity contribution in [3.63, 3.8) is 0 Å². The number of aliphatic hydroxyl groups is 1. The minimum atomic E-state index is 0.100. The third-order valence-corrected chi connectivity index (χ3v) is 4.46. The molecule has 0 bridgehead atoms. The molecule has 0 aliphatic rings. The van der Waals surface area contributed by atoms with Gasteiger partial charge < -0.3 is 23.7 Å². The van der Waals surface area contributed by atoms with Gasteiger partial charge in [-0.2, -0.15) is 0 Å². The van der Waals surface area contributed by atoms with E-state index >= 15 is 0 Å². The number of rotatable bonds is 8. The number of furan rings is 1. The van der Waals surface area contributed by atoms with Crippen LogP contribution in [0.5, 0.6) is 17.2 Å². The number of aryl methyl sites for hydroxylation is 1. The van der Waals surface area contributed by atoms with Gasteiger partial charge in [-0.3, -0.25) is 4.79 Å². The molecule has 0 fully saturated rings. The highest BCUT2D eigenvalue weighted by atomic mass is 16.5. The second-order valence-electron chi connectivity index (χ2n) is 6.03. The predicted octanol–water partition coefficient (Wildman–Crippen LogP) is 3.86. The summed E-state index contributed by atoms with van der Waals surface area (Å²) in [4.78, 5) is 11.9. The van der Waals surface area contributed by atoms with Gasteiger partial charge in [0.05, 0.1) is 26.9 Å². The van der Waals surface area contributed by atoms with Crippen LogP contribution in [0.2, 0.25) is 0 Å². The Labute approximate surface area is 157 Å². The van der Waals surface area contributed by atoms with E-state index < -0.39 is 0 Å². The van der Waals surface area contributed by atoms with Gasteiger partial charge in [0.25, 0.3) is 0 Å². The Morgan fingerprint density at radius 3 is 2.37 bits per heavy atom. The third-order valence-electron chi connectivity index (χ3n) is 4.46. The first-order valence-electron chi connectivity index (χ1n) is 8.58. The van der Waals surface area contributed by atoms with Gasteiger partial charge in [-0.25, -0.2) is 0 Å². The summed E-state index contributed by atoms with van der Waals surface area (Å²) in [7, 11) is 4.68. The smallest absolute Gasteiger partial charge is 0.177 e. The van der Waals surface area contributed by atoms with Crippen molar-refractivity contribution in [2.24, 2.45) is 0 Å². The molecule has 0 atom stereocenters. The topological polar surface area (TPSA) is 78.1 Å². The van der Waals surface area contributed by atoms with Gasteiger partial charge in [0, 0.05) is 17.6 Å². The molecule has 0 saturated heterocycles. The molecule has 2 aromatic carbocycles. The second kappa shape index (κ2) is 8.14. The monoisotopic (exact) mass is 370 g/mol. The quantitative estimate of drug-likeness (QED) is 0.607. The summed E-state index contributed by atoms with van der Waals surface area (Å²) in [6.45, 7) is 0.100. The van der Waals surface area contributed by atoms with Gasteiger partial charge in [0.1, 0.15) is 5.76 Å². The zero-order chi connectivity index (χ0) is 19.4. The van der Waals surface area contributed by atoms with Crippen LogP contribution >= 0.6 is 0 Å². The molecule has 0 saturated carbocycles. The van der Waals surface area contributed by atoms with Crippen LogP contribution in [0.25, 0.3) is 22.3 Å². The minimum Gasteiger partial charge on any atom is -0.493 e. The van der Waals surface area contributed by atoms with E-state index in [-0.39, 0.29) is 6.61 Å².